The third-order valence-electron chi connectivity index (χ3n) is 2.62. The van der Waals surface area contributed by atoms with Crippen molar-refractivity contribution >= 4 is 11.9 Å². The Morgan fingerprint density at radius 2 is 1.47 bits per heavy atom. The molecule has 0 aliphatic heterocycles. The average Bonchev–Trinajstić information content (AvgIpc) is 2.08. The van der Waals surface area contributed by atoms with Crippen LogP contribution in [0.1, 0.15) is 41.5 Å². The van der Waals surface area contributed by atoms with Gasteiger partial charge in [0.2, 0.25) is 5.91 Å². The van der Waals surface area contributed by atoms with Crippen molar-refractivity contribution in [3.05, 3.63) is 0 Å². The normalized spacial score (nSPS) is 16.2. The molecular formula is C12H24N2O3. The first-order valence-corrected chi connectivity index (χ1v) is 5.66. The fraction of sp³-hybridized carbons (Fsp3) is 0.833. The maximum Gasteiger partial charge on any atom is 0.326 e. The molecule has 2 atom stereocenters. The van der Waals surface area contributed by atoms with E-state index in [1.807, 2.05) is 20.8 Å². The molecule has 0 aromatic heterocycles. The molecule has 100 valence electrons. The summed E-state index contributed by atoms with van der Waals surface area (Å²) in [6, 6.07) is -1.67. The van der Waals surface area contributed by atoms with Gasteiger partial charge in [-0.25, -0.2) is 4.79 Å². The number of nitrogens with two attached hydrogens (primary N) is 1. The van der Waals surface area contributed by atoms with Crippen molar-refractivity contribution in [3.63, 3.8) is 0 Å². The minimum absolute atomic E-state index is 0.398. The number of carboxylic acids is 1. The van der Waals surface area contributed by atoms with E-state index in [2.05, 4.69) is 5.32 Å². The van der Waals surface area contributed by atoms with Crippen molar-refractivity contribution < 1.29 is 14.7 Å². The van der Waals surface area contributed by atoms with Crippen LogP contribution in [0.2, 0.25) is 0 Å². The number of carbonyl (C=O) groups is 2. The van der Waals surface area contributed by atoms with E-state index < -0.39 is 34.8 Å². The minimum Gasteiger partial charge on any atom is -0.480 e. The van der Waals surface area contributed by atoms with Crippen LogP contribution in [0.5, 0.6) is 0 Å². The summed E-state index contributed by atoms with van der Waals surface area (Å²) in [6.07, 6.45) is 0. The summed E-state index contributed by atoms with van der Waals surface area (Å²) in [5, 5.41) is 11.6. The van der Waals surface area contributed by atoms with Gasteiger partial charge in [-0.15, -0.1) is 0 Å². The van der Waals surface area contributed by atoms with Crippen LogP contribution in [-0.4, -0.2) is 29.1 Å². The van der Waals surface area contributed by atoms with Crippen LogP contribution in [0.15, 0.2) is 0 Å². The summed E-state index contributed by atoms with van der Waals surface area (Å²) in [7, 11) is 0. The van der Waals surface area contributed by atoms with Crippen LogP contribution < -0.4 is 11.1 Å². The molecule has 0 aromatic rings. The molecule has 0 bridgehead atoms. The number of nitrogens with one attached hydrogen (secondary N) is 1. The van der Waals surface area contributed by atoms with Gasteiger partial charge in [-0.1, -0.05) is 41.5 Å². The molecule has 0 radical (unpaired) electrons. The predicted octanol–water partition coefficient (Wildman–Crippen LogP) is 0.975. The summed E-state index contributed by atoms with van der Waals surface area (Å²) in [6.45, 7) is 10.8. The number of rotatable bonds is 3. The molecule has 0 fully saturated rings. The van der Waals surface area contributed by atoms with E-state index in [9.17, 15) is 9.59 Å². The van der Waals surface area contributed by atoms with E-state index in [0.717, 1.165) is 0 Å². The highest BCUT2D eigenvalue weighted by Gasteiger charge is 2.36. The van der Waals surface area contributed by atoms with Gasteiger partial charge in [0.05, 0.1) is 6.04 Å². The first-order chi connectivity index (χ1) is 7.37. The highest BCUT2D eigenvalue weighted by atomic mass is 16.4. The lowest BCUT2D eigenvalue weighted by Crippen LogP contribution is -2.56. The zero-order valence-electron chi connectivity index (χ0n) is 11.5. The number of aliphatic carboxylic acids is 1. The van der Waals surface area contributed by atoms with Gasteiger partial charge in [-0.2, -0.15) is 0 Å². The van der Waals surface area contributed by atoms with Gasteiger partial charge in [0, 0.05) is 0 Å². The third kappa shape index (κ3) is 4.73. The molecule has 17 heavy (non-hydrogen) atoms. The molecule has 0 rings (SSSR count). The minimum atomic E-state index is -1.05. The second kappa shape index (κ2) is 5.04. The Balaban J connectivity index is 4.82. The number of hydrogen-bond acceptors (Lipinski definition) is 3. The molecule has 4 N–H and O–H groups in total. The van der Waals surface area contributed by atoms with E-state index >= 15 is 0 Å². The van der Waals surface area contributed by atoms with E-state index in [1.165, 1.54) is 0 Å². The zero-order valence-corrected chi connectivity index (χ0v) is 11.5. The number of carboxylic acid groups (broad SMARTS) is 1. The lowest BCUT2D eigenvalue weighted by Gasteiger charge is -2.32. The van der Waals surface area contributed by atoms with Crippen molar-refractivity contribution in [2.24, 2.45) is 16.6 Å². The molecule has 5 nitrogen and oxygen atoms in total. The monoisotopic (exact) mass is 244 g/mol. The molecule has 0 saturated carbocycles. The van der Waals surface area contributed by atoms with Crippen LogP contribution >= 0.6 is 0 Å². The molecule has 0 aliphatic carbocycles. The van der Waals surface area contributed by atoms with E-state index in [1.54, 1.807) is 20.8 Å². The Morgan fingerprint density at radius 3 is 1.71 bits per heavy atom. The zero-order chi connectivity index (χ0) is 14.0. The molecule has 1 amide bonds. The SMILES string of the molecule is CC(C)(C)[C@@H](N)C(=O)N[C@@H](C(=O)O)C(C)(C)C. The highest BCUT2D eigenvalue weighted by molar-refractivity contribution is 5.87. The molecule has 0 aliphatic rings. The summed E-state index contributed by atoms with van der Waals surface area (Å²) in [5.41, 5.74) is 4.83. The van der Waals surface area contributed by atoms with E-state index in [0.29, 0.717) is 0 Å². The van der Waals surface area contributed by atoms with Crippen molar-refractivity contribution in [2.75, 3.05) is 0 Å². The molecule has 0 saturated heterocycles. The summed E-state index contributed by atoms with van der Waals surface area (Å²) < 4.78 is 0. The van der Waals surface area contributed by atoms with Crippen molar-refractivity contribution in [1.82, 2.24) is 5.32 Å². The first-order valence-electron chi connectivity index (χ1n) is 5.66. The number of hydrogen-bond donors (Lipinski definition) is 3. The number of amides is 1. The van der Waals surface area contributed by atoms with E-state index in [4.69, 9.17) is 10.8 Å². The van der Waals surface area contributed by atoms with Crippen LogP contribution in [0.3, 0.4) is 0 Å². The van der Waals surface area contributed by atoms with Crippen molar-refractivity contribution in [3.8, 4) is 0 Å². The van der Waals surface area contributed by atoms with Crippen LogP contribution in [-0.2, 0) is 9.59 Å². The number of carbonyl (C=O) groups excluding carboxylic acids is 1. The third-order valence-corrected chi connectivity index (χ3v) is 2.62. The second-order valence-corrected chi connectivity index (χ2v) is 6.49. The summed E-state index contributed by atoms with van der Waals surface area (Å²) in [4.78, 5) is 23.0. The Morgan fingerprint density at radius 1 is 1.06 bits per heavy atom. The Kier molecular flexibility index (Phi) is 4.71. The molecule has 0 spiro atoms. The lowest BCUT2D eigenvalue weighted by molar-refractivity contribution is -0.145. The first kappa shape index (κ1) is 15.9. The molecule has 0 unspecified atom stereocenters. The Bertz CT molecular complexity index is 300. The lowest BCUT2D eigenvalue weighted by atomic mass is 9.84. The van der Waals surface area contributed by atoms with Gasteiger partial charge in [0.1, 0.15) is 6.04 Å². The van der Waals surface area contributed by atoms with Gasteiger partial charge < -0.3 is 16.2 Å². The standard InChI is InChI=1S/C12H24N2O3/c1-11(2,3)7(13)9(15)14-8(10(16)17)12(4,5)6/h7-8H,13H2,1-6H3,(H,14,15)(H,16,17)/t7-,8-/m0/s1. The van der Waals surface area contributed by atoms with Crippen LogP contribution in [0.25, 0.3) is 0 Å². The Labute approximate surface area is 103 Å². The van der Waals surface area contributed by atoms with Gasteiger partial charge in [-0.3, -0.25) is 4.79 Å². The fourth-order valence-corrected chi connectivity index (χ4v) is 1.27. The maximum absolute atomic E-state index is 11.9. The van der Waals surface area contributed by atoms with Gasteiger partial charge in [-0.05, 0) is 10.8 Å². The summed E-state index contributed by atoms with van der Waals surface area (Å²) >= 11 is 0. The largest absolute Gasteiger partial charge is 0.480 e. The summed E-state index contributed by atoms with van der Waals surface area (Å²) in [5.74, 6) is -1.48. The molecule has 5 heteroatoms. The van der Waals surface area contributed by atoms with Crippen molar-refractivity contribution in [1.29, 1.82) is 0 Å². The topological polar surface area (TPSA) is 92.4 Å². The van der Waals surface area contributed by atoms with Crippen LogP contribution in [0, 0.1) is 10.8 Å². The Hall–Kier alpha value is -1.10. The second-order valence-electron chi connectivity index (χ2n) is 6.49. The van der Waals surface area contributed by atoms with Gasteiger partial charge >= 0.3 is 5.97 Å². The average molecular weight is 244 g/mol. The predicted molar refractivity (Wildman–Crippen MR) is 66.5 cm³/mol. The van der Waals surface area contributed by atoms with Gasteiger partial charge in [0.15, 0.2) is 0 Å². The van der Waals surface area contributed by atoms with Gasteiger partial charge in [0.25, 0.3) is 0 Å². The highest BCUT2D eigenvalue weighted by Crippen LogP contribution is 2.21. The molecular weight excluding hydrogens is 220 g/mol. The fourth-order valence-electron chi connectivity index (χ4n) is 1.27. The quantitative estimate of drug-likeness (QED) is 0.690. The molecule has 0 heterocycles. The maximum atomic E-state index is 11.9. The van der Waals surface area contributed by atoms with Crippen LogP contribution in [0.4, 0.5) is 0 Å². The van der Waals surface area contributed by atoms with E-state index in [-0.39, 0.29) is 0 Å². The smallest absolute Gasteiger partial charge is 0.326 e. The molecule has 0 aromatic carbocycles. The van der Waals surface area contributed by atoms with Crippen molar-refractivity contribution in [2.45, 2.75) is 53.6 Å².